The minimum Gasteiger partial charge on any atom is -0.481 e. The Morgan fingerprint density at radius 2 is 1.16 bits per heavy atom. The van der Waals surface area contributed by atoms with Gasteiger partial charge in [0.1, 0.15) is 6.61 Å². The van der Waals surface area contributed by atoms with Crippen molar-refractivity contribution >= 4 is 35.6 Å². The number of rotatable bonds is 20. The lowest BCUT2D eigenvalue weighted by Gasteiger charge is -2.29. The second kappa shape index (κ2) is 24.2. The highest BCUT2D eigenvalue weighted by Gasteiger charge is 2.33. The van der Waals surface area contributed by atoms with Crippen LogP contribution in [0.3, 0.4) is 0 Å². The average Bonchev–Trinajstić information content (AvgIpc) is 3.82. The van der Waals surface area contributed by atoms with Crippen LogP contribution in [0.5, 0.6) is 0 Å². The van der Waals surface area contributed by atoms with Crippen molar-refractivity contribution in [1.29, 1.82) is 0 Å². The maximum Gasteiger partial charge on any atom is 0.307 e. The fourth-order valence-electron chi connectivity index (χ4n) is 6.10. The van der Waals surface area contributed by atoms with Crippen molar-refractivity contribution in [1.82, 2.24) is 31.1 Å². The number of nitrogens with one attached hydrogen (secondary N) is 4. The van der Waals surface area contributed by atoms with Gasteiger partial charge in [-0.3, -0.25) is 38.6 Å². The first-order valence-corrected chi connectivity index (χ1v) is 18.5. The van der Waals surface area contributed by atoms with Crippen molar-refractivity contribution in [3.05, 3.63) is 35.9 Å². The summed E-state index contributed by atoms with van der Waals surface area (Å²) in [6, 6.07) is 10.0. The number of esters is 1. The molecule has 0 aliphatic carbocycles. The number of carbonyl (C=O) groups excluding carboxylic acids is 5. The molecule has 0 spiro atoms. The minimum absolute atomic E-state index is 0.0000831. The SMILES string of the molecule is CCC(C)N1CCCC1C(=O)NCCC(=O)NCCC(=O)O.CCC(C)N1CCCC1C(=O)NCCC(=O)NCCC(=O)OCc1ccccc1. The second-order valence-corrected chi connectivity index (χ2v) is 13.1. The van der Waals surface area contributed by atoms with E-state index in [1.165, 1.54) is 0 Å². The molecular formula is C37H60N6O8. The molecule has 1 aromatic carbocycles. The summed E-state index contributed by atoms with van der Waals surface area (Å²) in [5.41, 5.74) is 0.926. The summed E-state index contributed by atoms with van der Waals surface area (Å²) >= 11 is 0. The summed E-state index contributed by atoms with van der Waals surface area (Å²) in [5, 5.41) is 19.4. The van der Waals surface area contributed by atoms with Gasteiger partial charge in [0, 0.05) is 51.1 Å². The number of ether oxygens (including phenoxy) is 1. The van der Waals surface area contributed by atoms with E-state index in [-0.39, 0.29) is 93.6 Å². The summed E-state index contributed by atoms with van der Waals surface area (Å²) in [6.45, 7) is 11.6. The number of carboxylic acids is 1. The van der Waals surface area contributed by atoms with Gasteiger partial charge in [-0.25, -0.2) is 0 Å². The second-order valence-electron chi connectivity index (χ2n) is 13.1. The Kier molecular flexibility index (Phi) is 20.5. The predicted octanol–water partition coefficient (Wildman–Crippen LogP) is 2.35. The summed E-state index contributed by atoms with van der Waals surface area (Å²) in [4.78, 5) is 74.5. The molecule has 2 saturated heterocycles. The van der Waals surface area contributed by atoms with Gasteiger partial charge in [0.2, 0.25) is 23.6 Å². The van der Waals surface area contributed by atoms with Crippen molar-refractivity contribution in [3.63, 3.8) is 0 Å². The summed E-state index contributed by atoms with van der Waals surface area (Å²) in [7, 11) is 0. The monoisotopic (exact) mass is 716 g/mol. The number of aliphatic carboxylic acids is 1. The molecule has 0 saturated carbocycles. The smallest absolute Gasteiger partial charge is 0.307 e. The molecule has 0 aromatic heterocycles. The van der Waals surface area contributed by atoms with Crippen LogP contribution in [0.4, 0.5) is 0 Å². The molecule has 2 aliphatic heterocycles. The van der Waals surface area contributed by atoms with Gasteiger partial charge in [0.25, 0.3) is 0 Å². The Bertz CT molecular complexity index is 1250. The fourth-order valence-corrected chi connectivity index (χ4v) is 6.10. The lowest BCUT2D eigenvalue weighted by atomic mass is 10.1. The van der Waals surface area contributed by atoms with E-state index in [4.69, 9.17) is 9.84 Å². The molecule has 0 radical (unpaired) electrons. The molecule has 4 unspecified atom stereocenters. The number of carbonyl (C=O) groups is 6. The van der Waals surface area contributed by atoms with Crippen LogP contribution in [0.2, 0.25) is 0 Å². The molecule has 3 rings (SSSR count). The third kappa shape index (κ3) is 16.7. The van der Waals surface area contributed by atoms with Crippen LogP contribution >= 0.6 is 0 Å². The molecule has 0 bridgehead atoms. The van der Waals surface area contributed by atoms with Crippen molar-refractivity contribution in [3.8, 4) is 0 Å². The van der Waals surface area contributed by atoms with Crippen LogP contribution in [0.25, 0.3) is 0 Å². The Balaban J connectivity index is 0.000000368. The van der Waals surface area contributed by atoms with Gasteiger partial charge >= 0.3 is 11.9 Å². The van der Waals surface area contributed by atoms with Crippen LogP contribution in [0.1, 0.15) is 97.5 Å². The lowest BCUT2D eigenvalue weighted by Crippen LogP contribution is -2.47. The van der Waals surface area contributed by atoms with Crippen LogP contribution in [-0.4, -0.2) is 114 Å². The summed E-state index contributed by atoms with van der Waals surface area (Å²) < 4.78 is 5.17. The average molecular weight is 717 g/mol. The zero-order valence-corrected chi connectivity index (χ0v) is 30.9. The Morgan fingerprint density at radius 3 is 1.61 bits per heavy atom. The molecule has 14 nitrogen and oxygen atoms in total. The number of carboxylic acid groups (broad SMARTS) is 1. The van der Waals surface area contributed by atoms with Gasteiger partial charge in [-0.2, -0.15) is 0 Å². The number of amides is 4. The molecule has 2 heterocycles. The van der Waals surface area contributed by atoms with Crippen LogP contribution < -0.4 is 21.3 Å². The molecular weight excluding hydrogens is 656 g/mol. The quantitative estimate of drug-likeness (QED) is 0.126. The Labute approximate surface area is 302 Å². The van der Waals surface area contributed by atoms with E-state index in [1.54, 1.807) is 0 Å². The molecule has 2 fully saturated rings. The molecule has 2 aliphatic rings. The van der Waals surface area contributed by atoms with Crippen molar-refractivity contribution in [2.45, 2.75) is 123 Å². The third-order valence-electron chi connectivity index (χ3n) is 9.37. The van der Waals surface area contributed by atoms with Crippen molar-refractivity contribution in [2.24, 2.45) is 0 Å². The van der Waals surface area contributed by atoms with Crippen LogP contribution in [0.15, 0.2) is 30.3 Å². The first-order valence-electron chi connectivity index (χ1n) is 18.5. The van der Waals surface area contributed by atoms with Gasteiger partial charge in [-0.05, 0) is 71.0 Å². The largest absolute Gasteiger partial charge is 0.481 e. The molecule has 51 heavy (non-hydrogen) atoms. The maximum atomic E-state index is 12.4. The molecule has 4 atom stereocenters. The Morgan fingerprint density at radius 1 is 0.706 bits per heavy atom. The highest BCUT2D eigenvalue weighted by Crippen LogP contribution is 2.22. The lowest BCUT2D eigenvalue weighted by molar-refractivity contribution is -0.145. The van der Waals surface area contributed by atoms with E-state index in [9.17, 15) is 28.8 Å². The standard InChI is InChI=1S/C22H33N3O4.C15H27N3O4/c1-3-17(2)25-15-7-10-19(25)22(28)24-13-11-20(26)23-14-12-21(27)29-16-18-8-5-4-6-9-18;1-3-11(2)18-10-4-5-12(18)15(22)17-8-6-13(19)16-9-7-14(20)21/h4-6,8-9,17,19H,3,7,10-16H2,1-2H3,(H,23,26)(H,24,28);11-12H,3-10H2,1-2H3,(H,16,19)(H,17,22)(H,20,21). The molecule has 286 valence electrons. The summed E-state index contributed by atoms with van der Waals surface area (Å²) in [6.07, 6.45) is 6.20. The van der Waals surface area contributed by atoms with E-state index in [2.05, 4.69) is 58.8 Å². The first-order chi connectivity index (χ1) is 24.5. The van der Waals surface area contributed by atoms with Gasteiger partial charge in [0.15, 0.2) is 0 Å². The van der Waals surface area contributed by atoms with E-state index in [0.29, 0.717) is 18.6 Å². The molecule has 1 aromatic rings. The number of hydrogen-bond acceptors (Lipinski definition) is 9. The summed E-state index contributed by atoms with van der Waals surface area (Å²) in [5.74, 6) is -1.75. The predicted molar refractivity (Wildman–Crippen MR) is 193 cm³/mol. The minimum atomic E-state index is -0.944. The molecule has 5 N–H and O–H groups in total. The number of likely N-dealkylation sites (tertiary alicyclic amines) is 2. The van der Waals surface area contributed by atoms with Crippen LogP contribution in [-0.2, 0) is 40.1 Å². The Hall–Kier alpha value is -4.04. The topological polar surface area (TPSA) is 186 Å². The number of benzene rings is 1. The molecule has 14 heteroatoms. The normalized spacial score (nSPS) is 18.4. The van der Waals surface area contributed by atoms with Gasteiger partial charge in [0.05, 0.1) is 24.9 Å². The fraction of sp³-hybridized carbons (Fsp3) is 0.676. The van der Waals surface area contributed by atoms with Gasteiger partial charge in [-0.15, -0.1) is 0 Å². The highest BCUT2D eigenvalue weighted by atomic mass is 16.5. The van der Waals surface area contributed by atoms with Gasteiger partial charge < -0.3 is 31.1 Å². The van der Waals surface area contributed by atoms with Crippen LogP contribution in [0, 0.1) is 0 Å². The van der Waals surface area contributed by atoms with Gasteiger partial charge in [-0.1, -0.05) is 44.2 Å². The number of nitrogens with zero attached hydrogens (tertiary/aromatic N) is 2. The zero-order chi connectivity index (χ0) is 37.6. The van der Waals surface area contributed by atoms with Crippen molar-refractivity contribution < 1.29 is 38.6 Å². The first kappa shape index (κ1) is 43.1. The zero-order valence-electron chi connectivity index (χ0n) is 30.9. The van der Waals surface area contributed by atoms with Crippen molar-refractivity contribution in [2.75, 3.05) is 39.3 Å². The highest BCUT2D eigenvalue weighted by molar-refractivity contribution is 5.84. The van der Waals surface area contributed by atoms with E-state index >= 15 is 0 Å². The molecule has 4 amide bonds. The third-order valence-corrected chi connectivity index (χ3v) is 9.37. The van der Waals surface area contributed by atoms with E-state index < -0.39 is 5.97 Å². The van der Waals surface area contributed by atoms with E-state index in [0.717, 1.165) is 57.2 Å². The number of hydrogen-bond donors (Lipinski definition) is 5. The van der Waals surface area contributed by atoms with E-state index in [1.807, 2.05) is 30.3 Å². The maximum absolute atomic E-state index is 12.4.